The van der Waals surface area contributed by atoms with Crippen LogP contribution in [0.3, 0.4) is 0 Å². The number of aromatic nitrogens is 2. The Bertz CT molecular complexity index is 406. The first-order valence-corrected chi connectivity index (χ1v) is 6.52. The topological polar surface area (TPSA) is 55.0 Å². The molecule has 17 heavy (non-hydrogen) atoms. The zero-order valence-corrected chi connectivity index (χ0v) is 10.3. The standard InChI is InChI=1S/C13H20N4/c1-9-4-13(16-15-6-9)17-7-10-2-3-12(14)5-11(10)8-17/h4,6,10-12H,2-3,5,7-8,14H2,1H3/t10-,11+,12?/m1/s1. The van der Waals surface area contributed by atoms with Crippen molar-refractivity contribution in [3.8, 4) is 0 Å². The predicted octanol–water partition coefficient (Wildman–Crippen LogP) is 1.35. The van der Waals surface area contributed by atoms with Crippen LogP contribution in [-0.4, -0.2) is 29.3 Å². The summed E-state index contributed by atoms with van der Waals surface area (Å²) in [6.07, 6.45) is 5.46. The van der Waals surface area contributed by atoms with Crippen LogP contribution in [0.1, 0.15) is 24.8 Å². The molecule has 4 heteroatoms. The Morgan fingerprint density at radius 3 is 2.94 bits per heavy atom. The van der Waals surface area contributed by atoms with Gasteiger partial charge in [-0.05, 0) is 49.7 Å². The number of aryl methyl sites for hydroxylation is 1. The first-order valence-electron chi connectivity index (χ1n) is 6.52. The Labute approximate surface area is 102 Å². The molecule has 4 nitrogen and oxygen atoms in total. The van der Waals surface area contributed by atoms with Crippen molar-refractivity contribution in [2.45, 2.75) is 32.2 Å². The van der Waals surface area contributed by atoms with Crippen LogP contribution >= 0.6 is 0 Å². The molecule has 0 aromatic carbocycles. The van der Waals surface area contributed by atoms with Gasteiger partial charge in [-0.15, -0.1) is 5.10 Å². The van der Waals surface area contributed by atoms with Crippen LogP contribution in [0.5, 0.6) is 0 Å². The second kappa shape index (κ2) is 4.26. The van der Waals surface area contributed by atoms with Gasteiger partial charge in [-0.2, -0.15) is 5.10 Å². The van der Waals surface area contributed by atoms with Gasteiger partial charge in [0.15, 0.2) is 5.82 Å². The van der Waals surface area contributed by atoms with Crippen molar-refractivity contribution in [2.24, 2.45) is 17.6 Å². The van der Waals surface area contributed by atoms with Crippen LogP contribution in [0.4, 0.5) is 5.82 Å². The maximum Gasteiger partial charge on any atom is 0.151 e. The van der Waals surface area contributed by atoms with Crippen molar-refractivity contribution >= 4 is 5.82 Å². The minimum atomic E-state index is 0.416. The molecule has 2 heterocycles. The quantitative estimate of drug-likeness (QED) is 0.794. The average molecular weight is 232 g/mol. The van der Waals surface area contributed by atoms with Gasteiger partial charge in [-0.1, -0.05) is 0 Å². The molecular formula is C13H20N4. The van der Waals surface area contributed by atoms with E-state index in [4.69, 9.17) is 5.73 Å². The molecule has 1 aliphatic heterocycles. The van der Waals surface area contributed by atoms with E-state index < -0.39 is 0 Å². The van der Waals surface area contributed by atoms with Gasteiger partial charge in [-0.3, -0.25) is 0 Å². The van der Waals surface area contributed by atoms with E-state index in [9.17, 15) is 0 Å². The maximum atomic E-state index is 6.05. The van der Waals surface area contributed by atoms with E-state index in [1.54, 1.807) is 0 Å². The van der Waals surface area contributed by atoms with Crippen LogP contribution in [0, 0.1) is 18.8 Å². The fourth-order valence-corrected chi connectivity index (χ4v) is 3.26. The third kappa shape index (κ3) is 2.14. The van der Waals surface area contributed by atoms with Gasteiger partial charge in [0.2, 0.25) is 0 Å². The molecular weight excluding hydrogens is 212 g/mol. The van der Waals surface area contributed by atoms with Gasteiger partial charge in [0.1, 0.15) is 0 Å². The molecule has 2 fully saturated rings. The van der Waals surface area contributed by atoms with Crippen molar-refractivity contribution < 1.29 is 0 Å². The molecule has 2 aliphatic rings. The van der Waals surface area contributed by atoms with E-state index in [0.29, 0.717) is 6.04 Å². The van der Waals surface area contributed by atoms with Crippen LogP contribution in [0.2, 0.25) is 0 Å². The molecule has 1 aromatic rings. The molecule has 0 bridgehead atoms. The van der Waals surface area contributed by atoms with E-state index in [-0.39, 0.29) is 0 Å². The SMILES string of the molecule is Cc1cnnc(N2C[C@H]3CCC(N)C[C@H]3C2)c1. The summed E-state index contributed by atoms with van der Waals surface area (Å²) in [6, 6.07) is 2.55. The highest BCUT2D eigenvalue weighted by molar-refractivity contribution is 5.40. The second-order valence-electron chi connectivity index (χ2n) is 5.59. The smallest absolute Gasteiger partial charge is 0.151 e. The molecule has 3 rings (SSSR count). The summed E-state index contributed by atoms with van der Waals surface area (Å²) < 4.78 is 0. The molecule has 1 aromatic heterocycles. The third-order valence-electron chi connectivity index (χ3n) is 4.19. The molecule has 1 unspecified atom stereocenters. The highest BCUT2D eigenvalue weighted by Gasteiger charge is 2.37. The van der Waals surface area contributed by atoms with E-state index in [1.807, 2.05) is 6.20 Å². The predicted molar refractivity (Wildman–Crippen MR) is 67.8 cm³/mol. The summed E-state index contributed by atoms with van der Waals surface area (Å²) in [6.45, 7) is 4.31. The van der Waals surface area contributed by atoms with Gasteiger partial charge in [0.05, 0.1) is 6.20 Å². The minimum absolute atomic E-state index is 0.416. The summed E-state index contributed by atoms with van der Waals surface area (Å²) in [5.74, 6) is 2.62. The Hall–Kier alpha value is -1.16. The number of fused-ring (bicyclic) bond motifs is 1. The molecule has 2 N–H and O–H groups in total. The van der Waals surface area contributed by atoms with Crippen molar-refractivity contribution in [2.75, 3.05) is 18.0 Å². The lowest BCUT2D eigenvalue weighted by Crippen LogP contribution is -2.32. The van der Waals surface area contributed by atoms with Gasteiger partial charge < -0.3 is 10.6 Å². The zero-order valence-electron chi connectivity index (χ0n) is 10.3. The first-order chi connectivity index (χ1) is 8.22. The van der Waals surface area contributed by atoms with Crippen LogP contribution in [0.15, 0.2) is 12.3 Å². The zero-order chi connectivity index (χ0) is 11.8. The largest absolute Gasteiger partial charge is 0.355 e. The summed E-state index contributed by atoms with van der Waals surface area (Å²) in [4.78, 5) is 2.38. The monoisotopic (exact) mass is 232 g/mol. The lowest BCUT2D eigenvalue weighted by atomic mass is 9.79. The van der Waals surface area contributed by atoms with E-state index >= 15 is 0 Å². The fourth-order valence-electron chi connectivity index (χ4n) is 3.26. The molecule has 1 saturated carbocycles. The molecule has 0 spiro atoms. The average Bonchev–Trinajstić information content (AvgIpc) is 2.72. The molecule has 1 saturated heterocycles. The van der Waals surface area contributed by atoms with Crippen LogP contribution < -0.4 is 10.6 Å². The van der Waals surface area contributed by atoms with E-state index in [2.05, 4.69) is 28.1 Å². The summed E-state index contributed by atoms with van der Waals surface area (Å²) in [7, 11) is 0. The number of rotatable bonds is 1. The van der Waals surface area contributed by atoms with Crippen molar-refractivity contribution in [1.82, 2.24) is 10.2 Å². The molecule has 3 atom stereocenters. The Kier molecular flexibility index (Phi) is 2.74. The number of hydrogen-bond donors (Lipinski definition) is 1. The maximum absolute atomic E-state index is 6.05. The number of hydrogen-bond acceptors (Lipinski definition) is 4. The summed E-state index contributed by atoms with van der Waals surface area (Å²) >= 11 is 0. The molecule has 0 radical (unpaired) electrons. The van der Waals surface area contributed by atoms with Crippen molar-refractivity contribution in [3.63, 3.8) is 0 Å². The lowest BCUT2D eigenvalue weighted by molar-refractivity contribution is 0.271. The van der Waals surface area contributed by atoms with Gasteiger partial charge in [-0.25, -0.2) is 0 Å². The van der Waals surface area contributed by atoms with E-state index in [0.717, 1.165) is 30.7 Å². The molecule has 1 aliphatic carbocycles. The van der Waals surface area contributed by atoms with Gasteiger partial charge >= 0.3 is 0 Å². The van der Waals surface area contributed by atoms with Crippen LogP contribution in [0.25, 0.3) is 0 Å². The second-order valence-corrected chi connectivity index (χ2v) is 5.59. The van der Waals surface area contributed by atoms with Crippen molar-refractivity contribution in [3.05, 3.63) is 17.8 Å². The first kappa shape index (κ1) is 11.0. The number of nitrogens with zero attached hydrogens (tertiary/aromatic N) is 3. The van der Waals surface area contributed by atoms with Crippen molar-refractivity contribution in [1.29, 1.82) is 0 Å². The lowest BCUT2D eigenvalue weighted by Gasteiger charge is -2.27. The minimum Gasteiger partial charge on any atom is -0.355 e. The summed E-state index contributed by atoms with van der Waals surface area (Å²) in [5, 5.41) is 8.29. The number of anilines is 1. The summed E-state index contributed by atoms with van der Waals surface area (Å²) in [5.41, 5.74) is 7.23. The Morgan fingerprint density at radius 1 is 1.29 bits per heavy atom. The van der Waals surface area contributed by atoms with Crippen LogP contribution in [-0.2, 0) is 0 Å². The third-order valence-corrected chi connectivity index (χ3v) is 4.19. The fraction of sp³-hybridized carbons (Fsp3) is 0.692. The Balaban J connectivity index is 1.75. The molecule has 0 amide bonds. The normalized spacial score (nSPS) is 32.6. The highest BCUT2D eigenvalue weighted by atomic mass is 15.3. The van der Waals surface area contributed by atoms with E-state index in [1.165, 1.54) is 24.8 Å². The number of nitrogens with two attached hydrogens (primary N) is 1. The van der Waals surface area contributed by atoms with Gasteiger partial charge in [0.25, 0.3) is 0 Å². The highest BCUT2D eigenvalue weighted by Crippen LogP contribution is 2.37. The Morgan fingerprint density at radius 2 is 2.12 bits per heavy atom. The molecule has 92 valence electrons. The van der Waals surface area contributed by atoms with Gasteiger partial charge in [0, 0.05) is 19.1 Å².